The quantitative estimate of drug-likeness (QED) is 0.613. The van der Waals surface area contributed by atoms with Crippen LogP contribution < -0.4 is 0 Å². The van der Waals surface area contributed by atoms with E-state index in [1.807, 2.05) is 0 Å². The van der Waals surface area contributed by atoms with Gasteiger partial charge in [0.1, 0.15) is 0 Å². The van der Waals surface area contributed by atoms with Crippen molar-refractivity contribution in [1.29, 1.82) is 0 Å². The molecule has 0 amide bonds. The average molecular weight is 304 g/mol. The van der Waals surface area contributed by atoms with Crippen LogP contribution in [0, 0.1) is 23.7 Å². The molecule has 2 fully saturated rings. The molecule has 1 spiro atoms. The van der Waals surface area contributed by atoms with Gasteiger partial charge in [-0.25, -0.2) is 0 Å². The number of hydrogen-bond donors (Lipinski definition) is 1. The molecule has 0 radical (unpaired) electrons. The van der Waals surface area contributed by atoms with Gasteiger partial charge >= 0.3 is 0 Å². The maximum Gasteiger partial charge on any atom is 0.0954 e. The maximum atomic E-state index is 11.1. The fraction of sp³-hybridized carbons (Fsp3) is 0.800. The molecule has 1 unspecified atom stereocenters. The van der Waals surface area contributed by atoms with Gasteiger partial charge in [-0.2, -0.15) is 0 Å². The number of epoxide rings is 1. The molecule has 6 atom stereocenters. The third kappa shape index (κ3) is 2.92. The first-order valence-electron chi connectivity index (χ1n) is 9.06. The Kier molecular flexibility index (Phi) is 4.53. The molecule has 1 heterocycles. The molecular weight excluding hydrogens is 272 g/mol. The Balaban J connectivity index is 1.72. The molecule has 1 saturated heterocycles. The Morgan fingerprint density at radius 1 is 1.50 bits per heavy atom. The SMILES string of the molecule is CC(C)=CCCC(C)[C@@H]1CC[C@]2(CO2)[C@@H]2CC=C(C)[C@H]2[C@@H]1O. The monoisotopic (exact) mass is 304 g/mol. The van der Waals surface area contributed by atoms with Crippen LogP contribution >= 0.6 is 0 Å². The molecular formula is C20H32O2. The Morgan fingerprint density at radius 2 is 2.23 bits per heavy atom. The molecule has 1 N–H and O–H groups in total. The van der Waals surface area contributed by atoms with Crippen LogP contribution in [-0.2, 0) is 4.74 Å². The minimum absolute atomic E-state index is 0.105. The summed E-state index contributed by atoms with van der Waals surface area (Å²) >= 11 is 0. The molecule has 2 heteroatoms. The van der Waals surface area contributed by atoms with Gasteiger partial charge in [0.25, 0.3) is 0 Å². The van der Waals surface area contributed by atoms with Crippen LogP contribution in [0.2, 0.25) is 0 Å². The summed E-state index contributed by atoms with van der Waals surface area (Å²) in [6, 6.07) is 0. The van der Waals surface area contributed by atoms with Crippen LogP contribution in [0.4, 0.5) is 0 Å². The molecule has 0 aromatic carbocycles. The van der Waals surface area contributed by atoms with E-state index in [-0.39, 0.29) is 11.7 Å². The van der Waals surface area contributed by atoms with Crippen molar-refractivity contribution >= 4 is 0 Å². The lowest BCUT2D eigenvalue weighted by molar-refractivity contribution is 0.0234. The van der Waals surface area contributed by atoms with Gasteiger partial charge in [0, 0.05) is 11.8 Å². The van der Waals surface area contributed by atoms with E-state index in [1.54, 1.807) is 0 Å². The van der Waals surface area contributed by atoms with E-state index in [0.29, 0.717) is 23.7 Å². The summed E-state index contributed by atoms with van der Waals surface area (Å²) in [6.07, 6.45) is 10.2. The van der Waals surface area contributed by atoms with Crippen LogP contribution in [0.3, 0.4) is 0 Å². The summed E-state index contributed by atoms with van der Waals surface area (Å²) < 4.78 is 5.91. The summed E-state index contributed by atoms with van der Waals surface area (Å²) in [5.74, 6) is 1.86. The van der Waals surface area contributed by atoms with Crippen molar-refractivity contribution in [3.63, 3.8) is 0 Å². The Labute approximate surface area is 135 Å². The molecule has 1 aliphatic heterocycles. The first-order chi connectivity index (χ1) is 10.4. The molecule has 0 aromatic rings. The summed E-state index contributed by atoms with van der Waals surface area (Å²) in [7, 11) is 0. The summed E-state index contributed by atoms with van der Waals surface area (Å²) in [4.78, 5) is 0. The number of hydrogen-bond acceptors (Lipinski definition) is 2. The molecule has 124 valence electrons. The first-order valence-corrected chi connectivity index (χ1v) is 9.06. The third-order valence-corrected chi connectivity index (χ3v) is 6.46. The number of aliphatic hydroxyl groups is 1. The number of allylic oxidation sites excluding steroid dienone is 3. The van der Waals surface area contributed by atoms with Gasteiger partial charge in [-0.1, -0.05) is 30.2 Å². The van der Waals surface area contributed by atoms with Gasteiger partial charge in [0.05, 0.1) is 18.3 Å². The van der Waals surface area contributed by atoms with Gasteiger partial charge in [0.15, 0.2) is 0 Å². The van der Waals surface area contributed by atoms with E-state index in [2.05, 4.69) is 39.8 Å². The van der Waals surface area contributed by atoms with Crippen molar-refractivity contribution in [2.75, 3.05) is 6.61 Å². The minimum atomic E-state index is -0.186. The van der Waals surface area contributed by atoms with Crippen LogP contribution in [0.1, 0.15) is 59.8 Å². The number of fused-ring (bicyclic) bond motifs is 2. The molecule has 3 rings (SSSR count). The van der Waals surface area contributed by atoms with E-state index in [4.69, 9.17) is 4.74 Å². The number of rotatable bonds is 4. The smallest absolute Gasteiger partial charge is 0.0954 e. The maximum absolute atomic E-state index is 11.1. The largest absolute Gasteiger partial charge is 0.392 e. The highest BCUT2D eigenvalue weighted by atomic mass is 16.6. The second kappa shape index (κ2) is 6.13. The lowest BCUT2D eigenvalue weighted by atomic mass is 9.75. The third-order valence-electron chi connectivity index (χ3n) is 6.46. The number of aliphatic hydroxyl groups excluding tert-OH is 1. The molecule has 22 heavy (non-hydrogen) atoms. The lowest BCUT2D eigenvalue weighted by Crippen LogP contribution is -2.36. The normalized spacial score (nSPS) is 41.6. The number of ether oxygens (including phenoxy) is 1. The van der Waals surface area contributed by atoms with E-state index >= 15 is 0 Å². The zero-order chi connectivity index (χ0) is 15.9. The zero-order valence-electron chi connectivity index (χ0n) is 14.6. The Morgan fingerprint density at radius 3 is 2.86 bits per heavy atom. The molecule has 0 bridgehead atoms. The van der Waals surface area contributed by atoms with Gasteiger partial charge in [-0.15, -0.1) is 0 Å². The van der Waals surface area contributed by atoms with Gasteiger partial charge < -0.3 is 9.84 Å². The fourth-order valence-electron chi connectivity index (χ4n) is 4.92. The van der Waals surface area contributed by atoms with E-state index in [0.717, 1.165) is 32.3 Å². The topological polar surface area (TPSA) is 32.8 Å². The van der Waals surface area contributed by atoms with E-state index in [9.17, 15) is 5.11 Å². The standard InChI is InChI=1S/C20H32O2/c1-13(2)6-5-7-14(3)16-10-11-20(12-22-20)17-9-8-15(4)18(17)19(16)21/h6,8,14,16-19,21H,5,7,9-12H2,1-4H3/t14?,16-,17+,18+,19+,20-/m0/s1. The summed E-state index contributed by atoms with van der Waals surface area (Å²) in [5.41, 5.74) is 2.90. The van der Waals surface area contributed by atoms with Gasteiger partial charge in [-0.3, -0.25) is 0 Å². The molecule has 2 aliphatic carbocycles. The van der Waals surface area contributed by atoms with Crippen LogP contribution in [-0.4, -0.2) is 23.4 Å². The van der Waals surface area contributed by atoms with Gasteiger partial charge in [-0.05, 0) is 64.7 Å². The Bertz CT molecular complexity index is 468. The van der Waals surface area contributed by atoms with Crippen LogP contribution in [0.5, 0.6) is 0 Å². The van der Waals surface area contributed by atoms with Crippen molar-refractivity contribution < 1.29 is 9.84 Å². The first kappa shape index (κ1) is 16.3. The molecule has 1 saturated carbocycles. The minimum Gasteiger partial charge on any atom is -0.392 e. The second-order valence-electron chi connectivity index (χ2n) is 8.20. The highest BCUT2D eigenvalue weighted by Gasteiger charge is 2.59. The van der Waals surface area contributed by atoms with Crippen molar-refractivity contribution in [1.82, 2.24) is 0 Å². The Hall–Kier alpha value is -0.600. The van der Waals surface area contributed by atoms with Crippen molar-refractivity contribution in [2.45, 2.75) is 71.5 Å². The highest BCUT2D eigenvalue weighted by Crippen LogP contribution is 2.55. The van der Waals surface area contributed by atoms with Crippen molar-refractivity contribution in [2.24, 2.45) is 23.7 Å². The lowest BCUT2D eigenvalue weighted by Gasteiger charge is -2.33. The molecule has 2 nitrogen and oxygen atoms in total. The highest BCUT2D eigenvalue weighted by molar-refractivity contribution is 5.22. The molecule has 0 aromatic heterocycles. The fourth-order valence-corrected chi connectivity index (χ4v) is 4.92. The average Bonchev–Trinajstić information content (AvgIpc) is 3.15. The predicted octanol–water partition coefficient (Wildman–Crippen LogP) is 4.49. The van der Waals surface area contributed by atoms with Crippen LogP contribution in [0.15, 0.2) is 23.3 Å². The van der Waals surface area contributed by atoms with E-state index < -0.39 is 0 Å². The zero-order valence-corrected chi connectivity index (χ0v) is 14.6. The second-order valence-corrected chi connectivity index (χ2v) is 8.20. The van der Waals surface area contributed by atoms with Crippen LogP contribution in [0.25, 0.3) is 0 Å². The molecule has 3 aliphatic rings. The van der Waals surface area contributed by atoms with Gasteiger partial charge in [0.2, 0.25) is 0 Å². The summed E-state index contributed by atoms with van der Waals surface area (Å²) in [5, 5.41) is 11.1. The van der Waals surface area contributed by atoms with Crippen molar-refractivity contribution in [3.05, 3.63) is 23.3 Å². The van der Waals surface area contributed by atoms with E-state index in [1.165, 1.54) is 17.6 Å². The van der Waals surface area contributed by atoms with Crippen molar-refractivity contribution in [3.8, 4) is 0 Å². The summed E-state index contributed by atoms with van der Waals surface area (Å²) in [6.45, 7) is 9.79. The predicted molar refractivity (Wildman–Crippen MR) is 90.6 cm³/mol.